The van der Waals surface area contributed by atoms with Crippen molar-refractivity contribution in [3.63, 3.8) is 0 Å². The lowest BCUT2D eigenvalue weighted by molar-refractivity contribution is -0.127. The highest BCUT2D eigenvalue weighted by atomic mass is 32.1. The minimum atomic E-state index is -0.818. The summed E-state index contributed by atoms with van der Waals surface area (Å²) in [7, 11) is 1.62. The fourth-order valence-corrected chi connectivity index (χ4v) is 3.19. The number of nitrogens with zero attached hydrogens (tertiary/aromatic N) is 1. The van der Waals surface area contributed by atoms with Crippen molar-refractivity contribution in [3.8, 4) is 22.1 Å². The molecule has 1 amide bonds. The smallest absolute Gasteiger partial charge is 0.261 e. The summed E-state index contributed by atoms with van der Waals surface area (Å²) in [4.78, 5) is 16.7. The molecule has 0 aliphatic carbocycles. The number of halogens is 1. The van der Waals surface area contributed by atoms with Gasteiger partial charge in [-0.2, -0.15) is 0 Å². The molecule has 140 valence electrons. The number of ether oxygens (including phenoxy) is 2. The van der Waals surface area contributed by atoms with E-state index in [2.05, 4.69) is 10.3 Å². The molecule has 0 fully saturated rings. The number of carbonyl (C=O) groups is 1. The van der Waals surface area contributed by atoms with Crippen LogP contribution in [0.2, 0.25) is 0 Å². The van der Waals surface area contributed by atoms with E-state index in [1.54, 1.807) is 26.2 Å². The molecule has 2 aromatic carbocycles. The maximum Gasteiger partial charge on any atom is 0.261 e. The number of para-hydroxylation sites is 1. The molecule has 1 heterocycles. The fraction of sp³-hybridized carbons (Fsp3) is 0.200. The minimum Gasteiger partial charge on any atom is -0.497 e. The Morgan fingerprint density at radius 3 is 2.67 bits per heavy atom. The Hall–Kier alpha value is -2.93. The largest absolute Gasteiger partial charge is 0.497 e. The molecule has 1 atom stereocenters. The Kier molecular flexibility index (Phi) is 6.03. The van der Waals surface area contributed by atoms with E-state index in [1.165, 1.54) is 23.5 Å². The van der Waals surface area contributed by atoms with Crippen LogP contribution in [0.3, 0.4) is 0 Å². The highest BCUT2D eigenvalue weighted by Crippen LogP contribution is 2.25. The van der Waals surface area contributed by atoms with Crippen LogP contribution in [0.25, 0.3) is 10.6 Å². The number of benzene rings is 2. The van der Waals surface area contributed by atoms with Gasteiger partial charge in [-0.3, -0.25) is 4.79 Å². The second-order valence-corrected chi connectivity index (χ2v) is 6.64. The number of amides is 1. The average Bonchev–Trinajstić information content (AvgIpc) is 3.17. The molecule has 0 saturated carbocycles. The highest BCUT2D eigenvalue weighted by molar-refractivity contribution is 7.13. The number of thiazole rings is 1. The Morgan fingerprint density at radius 1 is 1.22 bits per heavy atom. The van der Waals surface area contributed by atoms with Crippen LogP contribution in [0.1, 0.15) is 12.6 Å². The molecule has 0 saturated heterocycles. The third-order valence-corrected chi connectivity index (χ3v) is 4.78. The van der Waals surface area contributed by atoms with Gasteiger partial charge in [0.1, 0.15) is 10.8 Å². The van der Waals surface area contributed by atoms with E-state index in [9.17, 15) is 9.18 Å². The van der Waals surface area contributed by atoms with Crippen molar-refractivity contribution in [1.82, 2.24) is 10.3 Å². The van der Waals surface area contributed by atoms with Gasteiger partial charge >= 0.3 is 0 Å². The molecule has 7 heteroatoms. The molecule has 27 heavy (non-hydrogen) atoms. The highest BCUT2D eigenvalue weighted by Gasteiger charge is 2.16. The van der Waals surface area contributed by atoms with Crippen LogP contribution in [0.4, 0.5) is 4.39 Å². The van der Waals surface area contributed by atoms with Gasteiger partial charge in [0.05, 0.1) is 19.3 Å². The zero-order valence-corrected chi connectivity index (χ0v) is 15.8. The predicted octanol–water partition coefficient (Wildman–Crippen LogP) is 4.04. The number of rotatable bonds is 7. The van der Waals surface area contributed by atoms with Crippen LogP contribution in [-0.2, 0) is 11.3 Å². The van der Waals surface area contributed by atoms with Crippen molar-refractivity contribution in [2.75, 3.05) is 7.11 Å². The van der Waals surface area contributed by atoms with E-state index in [0.717, 1.165) is 22.0 Å². The standard InChI is InChI=1S/C20H19FN2O3S/c1-13(26-18-6-4-3-5-17(18)21)19(24)22-11-15-12-27-20(23-15)14-7-9-16(25-2)10-8-14/h3-10,12-13H,11H2,1-2H3,(H,22,24)/t13-/m1/s1. The first kappa shape index (κ1) is 18.8. The van der Waals surface area contributed by atoms with E-state index >= 15 is 0 Å². The SMILES string of the molecule is COc1ccc(-c2nc(CNC(=O)[C@@H](C)Oc3ccccc3F)cs2)cc1. The maximum absolute atomic E-state index is 13.6. The van der Waals surface area contributed by atoms with Gasteiger partial charge in [-0.1, -0.05) is 12.1 Å². The molecule has 3 aromatic rings. The van der Waals surface area contributed by atoms with Crippen LogP contribution in [-0.4, -0.2) is 24.1 Å². The Labute approximate surface area is 160 Å². The molecule has 0 spiro atoms. The maximum atomic E-state index is 13.6. The summed E-state index contributed by atoms with van der Waals surface area (Å²) in [5.41, 5.74) is 1.73. The number of aromatic nitrogens is 1. The number of nitrogens with one attached hydrogen (secondary N) is 1. The predicted molar refractivity (Wildman–Crippen MR) is 102 cm³/mol. The topological polar surface area (TPSA) is 60.5 Å². The van der Waals surface area contributed by atoms with Crippen molar-refractivity contribution in [2.45, 2.75) is 19.6 Å². The van der Waals surface area contributed by atoms with Gasteiger partial charge in [0.2, 0.25) is 0 Å². The summed E-state index contributed by atoms with van der Waals surface area (Å²) in [6.45, 7) is 1.85. The van der Waals surface area contributed by atoms with Crippen molar-refractivity contribution in [2.24, 2.45) is 0 Å². The summed E-state index contributed by atoms with van der Waals surface area (Å²) >= 11 is 1.50. The molecule has 0 aliphatic rings. The van der Waals surface area contributed by atoms with Crippen molar-refractivity contribution in [3.05, 3.63) is 65.4 Å². The lowest BCUT2D eigenvalue weighted by Gasteiger charge is -2.14. The van der Waals surface area contributed by atoms with Crippen molar-refractivity contribution < 1.29 is 18.7 Å². The molecule has 1 aromatic heterocycles. The van der Waals surface area contributed by atoms with E-state index < -0.39 is 11.9 Å². The monoisotopic (exact) mass is 386 g/mol. The molecule has 3 rings (SSSR count). The van der Waals surface area contributed by atoms with Crippen LogP contribution in [0, 0.1) is 5.82 Å². The number of hydrogen-bond donors (Lipinski definition) is 1. The van der Waals surface area contributed by atoms with Gasteiger partial charge in [-0.05, 0) is 43.3 Å². The Balaban J connectivity index is 1.56. The first-order valence-corrected chi connectivity index (χ1v) is 9.22. The molecule has 0 aliphatic heterocycles. The van der Waals surface area contributed by atoms with Crippen molar-refractivity contribution >= 4 is 17.2 Å². The fourth-order valence-electron chi connectivity index (χ4n) is 2.36. The van der Waals surface area contributed by atoms with Gasteiger partial charge in [0.25, 0.3) is 5.91 Å². The van der Waals surface area contributed by atoms with E-state index in [4.69, 9.17) is 9.47 Å². The average molecular weight is 386 g/mol. The summed E-state index contributed by atoms with van der Waals surface area (Å²) in [6.07, 6.45) is -0.818. The number of carbonyl (C=O) groups excluding carboxylic acids is 1. The lowest BCUT2D eigenvalue weighted by Crippen LogP contribution is -2.36. The molecule has 1 N–H and O–H groups in total. The van der Waals surface area contributed by atoms with Crippen LogP contribution < -0.4 is 14.8 Å². The van der Waals surface area contributed by atoms with Crippen LogP contribution in [0.15, 0.2) is 53.9 Å². The van der Waals surface area contributed by atoms with Crippen LogP contribution in [0.5, 0.6) is 11.5 Å². The second-order valence-electron chi connectivity index (χ2n) is 5.78. The van der Waals surface area contributed by atoms with Gasteiger partial charge in [-0.15, -0.1) is 11.3 Å². The van der Waals surface area contributed by atoms with Gasteiger partial charge in [0, 0.05) is 10.9 Å². The Morgan fingerprint density at radius 2 is 1.96 bits per heavy atom. The third kappa shape index (κ3) is 4.83. The first-order valence-electron chi connectivity index (χ1n) is 8.34. The quantitative estimate of drug-likeness (QED) is 0.666. The summed E-state index contributed by atoms with van der Waals surface area (Å²) in [5.74, 6) is 0.000249. The molecule has 0 radical (unpaired) electrons. The number of methoxy groups -OCH3 is 1. The number of hydrogen-bond acceptors (Lipinski definition) is 5. The third-order valence-electron chi connectivity index (χ3n) is 3.84. The zero-order chi connectivity index (χ0) is 19.2. The molecule has 5 nitrogen and oxygen atoms in total. The second kappa shape index (κ2) is 8.64. The molecule has 0 bridgehead atoms. The molecule has 0 unspecified atom stereocenters. The summed E-state index contributed by atoms with van der Waals surface area (Å²) in [6, 6.07) is 13.6. The Bertz CT molecular complexity index is 912. The molecular formula is C20H19FN2O3S. The molecular weight excluding hydrogens is 367 g/mol. The minimum absolute atomic E-state index is 0.0515. The van der Waals surface area contributed by atoms with Crippen molar-refractivity contribution in [1.29, 1.82) is 0 Å². The van der Waals surface area contributed by atoms with E-state index in [0.29, 0.717) is 0 Å². The van der Waals surface area contributed by atoms with E-state index in [-0.39, 0.29) is 18.2 Å². The first-order chi connectivity index (χ1) is 13.1. The summed E-state index contributed by atoms with van der Waals surface area (Å²) in [5, 5.41) is 5.51. The van der Waals surface area contributed by atoms with Crippen LogP contribution >= 0.6 is 11.3 Å². The van der Waals surface area contributed by atoms with Gasteiger partial charge in [0.15, 0.2) is 17.7 Å². The van der Waals surface area contributed by atoms with E-state index in [1.807, 2.05) is 29.6 Å². The zero-order valence-electron chi connectivity index (χ0n) is 14.9. The van der Waals surface area contributed by atoms with Gasteiger partial charge in [-0.25, -0.2) is 9.37 Å². The lowest BCUT2D eigenvalue weighted by atomic mass is 10.2. The summed E-state index contributed by atoms with van der Waals surface area (Å²) < 4.78 is 24.1. The van der Waals surface area contributed by atoms with Gasteiger partial charge < -0.3 is 14.8 Å². The normalized spacial score (nSPS) is 11.7.